The van der Waals surface area contributed by atoms with Gasteiger partial charge in [0.1, 0.15) is 4.90 Å². The van der Waals surface area contributed by atoms with Gasteiger partial charge in [0.15, 0.2) is 0 Å². The summed E-state index contributed by atoms with van der Waals surface area (Å²) < 4.78 is 97.4. The molecule has 11 nitrogen and oxygen atoms in total. The first-order chi connectivity index (χ1) is 30.5. The van der Waals surface area contributed by atoms with Gasteiger partial charge in [-0.15, -0.1) is 11.8 Å². The molecule has 1 aliphatic heterocycles. The van der Waals surface area contributed by atoms with E-state index in [9.17, 15) is 39.9 Å². The van der Waals surface area contributed by atoms with Gasteiger partial charge in [-0.2, -0.15) is 13.2 Å². The molecule has 2 atom stereocenters. The number of carbonyl (C=O) groups excluding carboxylic acids is 1. The number of aliphatic hydroxyl groups is 1. The Kier molecular flexibility index (Phi) is 16.5. The van der Waals surface area contributed by atoms with E-state index in [4.69, 9.17) is 17.3 Å². The van der Waals surface area contributed by atoms with Gasteiger partial charge in [0.25, 0.3) is 25.8 Å². The summed E-state index contributed by atoms with van der Waals surface area (Å²) in [7, 11) is -11.0. The van der Waals surface area contributed by atoms with Gasteiger partial charge in [-0.25, -0.2) is 21.6 Å². The molecular weight excluding hydrogens is 907 g/mol. The summed E-state index contributed by atoms with van der Waals surface area (Å²) in [6, 6.07) is 32.7. The third-order valence-corrected chi connectivity index (χ3v) is 15.6. The number of hydrogen-bond donors (Lipinski definition) is 4. The van der Waals surface area contributed by atoms with Gasteiger partial charge < -0.3 is 26.0 Å². The number of rotatable bonds is 19. The summed E-state index contributed by atoms with van der Waals surface area (Å²) in [5, 5.41) is 13.0. The van der Waals surface area contributed by atoms with Crippen molar-refractivity contribution in [3.8, 4) is 11.1 Å². The number of anilines is 2. The lowest BCUT2D eigenvalue weighted by molar-refractivity contribution is -0.0435. The molecule has 1 heterocycles. The van der Waals surface area contributed by atoms with Crippen LogP contribution in [0.15, 0.2) is 136 Å². The second kappa shape index (κ2) is 21.6. The summed E-state index contributed by atoms with van der Waals surface area (Å²) in [6.07, 6.45) is 1.94. The van der Waals surface area contributed by atoms with E-state index in [-0.39, 0.29) is 24.1 Å². The van der Waals surface area contributed by atoms with Crippen LogP contribution in [0.25, 0.3) is 11.1 Å². The maximum Gasteiger partial charge on any atom is 0.501 e. The Morgan fingerprint density at radius 3 is 2.20 bits per heavy atom. The highest BCUT2D eigenvalue weighted by atomic mass is 35.5. The lowest BCUT2D eigenvalue weighted by Crippen LogP contribution is -2.37. The number of nitrogens with one attached hydrogen (secondary N) is 2. The minimum atomic E-state index is -6.09. The molecule has 0 aliphatic carbocycles. The largest absolute Gasteiger partial charge is 0.501 e. The van der Waals surface area contributed by atoms with Crippen LogP contribution in [0.5, 0.6) is 0 Å². The third kappa shape index (κ3) is 12.2. The molecule has 64 heavy (non-hydrogen) atoms. The number of carbonyl (C=O) groups is 1. The first kappa shape index (κ1) is 48.8. The Morgan fingerprint density at radius 1 is 0.906 bits per heavy atom. The van der Waals surface area contributed by atoms with E-state index in [0.29, 0.717) is 56.0 Å². The summed E-state index contributed by atoms with van der Waals surface area (Å²) in [5.74, 6) is -0.543. The van der Waals surface area contributed by atoms with E-state index in [1.807, 2.05) is 95.4 Å². The van der Waals surface area contributed by atoms with Gasteiger partial charge in [-0.3, -0.25) is 4.79 Å². The van der Waals surface area contributed by atoms with Crippen LogP contribution in [0, 0.1) is 5.92 Å². The Labute approximate surface area is 382 Å². The van der Waals surface area contributed by atoms with Crippen LogP contribution < -0.4 is 20.7 Å². The Morgan fingerprint density at radius 2 is 1.56 bits per heavy atom. The number of nitrogens with two attached hydrogens (primary N) is 1. The molecule has 0 bridgehead atoms. The van der Waals surface area contributed by atoms with Crippen LogP contribution in [0.2, 0.25) is 5.02 Å². The number of alkyl halides is 3. The number of sulfone groups is 1. The summed E-state index contributed by atoms with van der Waals surface area (Å²) in [5.41, 5.74) is 4.55. The standard InChI is InChI=1S/C46H51ClF3N5O6S3/c1-2-54(28-29-56)25-24-36(31-62-38-8-4-3-5-9-38)52-42-21-20-39(30-43(42)63(58,59)46(48,49)50)64(60,61)53-45(57)34-14-18-37(19-15-34)55-26-22-33(23-27-55)44(51)41-11-7-6-10-40(41)32-12-16-35(47)17-13-32/h3-21,30,33,36,44,52,56H,2,22-29,31,51H2,1H3,(H,53,57)/t36-,44?/m1/s1. The number of aliphatic hydroxyl groups excluding tert-OH is 1. The highest BCUT2D eigenvalue weighted by Gasteiger charge is 2.48. The fourth-order valence-corrected chi connectivity index (χ4v) is 10.8. The fourth-order valence-electron chi connectivity index (χ4n) is 7.69. The van der Waals surface area contributed by atoms with Gasteiger partial charge in [0, 0.05) is 65.2 Å². The molecule has 1 aliphatic rings. The molecule has 5 N–H and O–H groups in total. The minimum Gasteiger partial charge on any atom is -0.395 e. The number of sulfonamides is 1. The zero-order valence-electron chi connectivity index (χ0n) is 35.0. The van der Waals surface area contributed by atoms with Crippen molar-refractivity contribution in [2.24, 2.45) is 11.7 Å². The second-order valence-corrected chi connectivity index (χ2v) is 20.6. The summed E-state index contributed by atoms with van der Waals surface area (Å²) in [6.45, 7) is 4.55. The van der Waals surface area contributed by atoms with Gasteiger partial charge in [0.2, 0.25) is 0 Å². The quantitative estimate of drug-likeness (QED) is 0.0587. The SMILES string of the molecule is CCN(CCO)CC[C@H](CSc1ccccc1)Nc1ccc(S(=O)(=O)NC(=O)c2ccc(N3CCC(C(N)c4ccccc4-c4ccc(Cl)cc4)CC3)cc2)cc1S(=O)(=O)C(F)(F)F. The minimum absolute atomic E-state index is 0.0365. The second-order valence-electron chi connectivity index (χ2n) is 15.4. The van der Waals surface area contributed by atoms with Gasteiger partial charge >= 0.3 is 5.51 Å². The van der Waals surface area contributed by atoms with Crippen LogP contribution in [-0.2, 0) is 19.9 Å². The molecule has 0 aromatic heterocycles. The van der Waals surface area contributed by atoms with Crippen molar-refractivity contribution in [3.63, 3.8) is 0 Å². The van der Waals surface area contributed by atoms with Crippen molar-refractivity contribution in [1.82, 2.24) is 9.62 Å². The first-order valence-corrected chi connectivity index (χ1v) is 25.1. The number of amides is 1. The lowest BCUT2D eigenvalue weighted by atomic mass is 9.83. The third-order valence-electron chi connectivity index (χ3n) is 11.3. The Bertz CT molecular complexity index is 2570. The molecule has 6 rings (SSSR count). The molecule has 18 heteroatoms. The first-order valence-electron chi connectivity index (χ1n) is 20.8. The Balaban J connectivity index is 1.14. The van der Waals surface area contributed by atoms with Crippen LogP contribution in [-0.4, -0.2) is 89.4 Å². The smallest absolute Gasteiger partial charge is 0.395 e. The number of nitrogens with zero attached hydrogens (tertiary/aromatic N) is 2. The molecule has 1 saturated heterocycles. The van der Waals surface area contributed by atoms with Crippen molar-refractivity contribution < 1.29 is 39.9 Å². The number of hydrogen-bond acceptors (Lipinski definition) is 11. The predicted molar refractivity (Wildman–Crippen MR) is 248 cm³/mol. The van der Waals surface area contributed by atoms with Gasteiger partial charge in [-0.1, -0.05) is 73.1 Å². The average Bonchev–Trinajstić information content (AvgIpc) is 3.29. The molecule has 1 amide bonds. The molecule has 1 unspecified atom stereocenters. The molecule has 5 aromatic carbocycles. The molecule has 5 aromatic rings. The van der Waals surface area contributed by atoms with E-state index >= 15 is 0 Å². The topological polar surface area (TPSA) is 162 Å². The highest BCUT2D eigenvalue weighted by Crippen LogP contribution is 2.38. The van der Waals surface area contributed by atoms with Crippen molar-refractivity contribution >= 4 is 60.5 Å². The number of likely N-dealkylation sites (N-methyl/N-ethyl adjacent to an activating group) is 1. The number of thioether (sulfide) groups is 1. The molecule has 0 spiro atoms. The summed E-state index contributed by atoms with van der Waals surface area (Å²) in [4.78, 5) is 16.1. The highest BCUT2D eigenvalue weighted by molar-refractivity contribution is 7.99. The van der Waals surface area contributed by atoms with Gasteiger partial charge in [0.05, 0.1) is 17.2 Å². The van der Waals surface area contributed by atoms with Crippen molar-refractivity contribution in [1.29, 1.82) is 0 Å². The Hall–Kier alpha value is -4.62. The molecule has 0 saturated carbocycles. The normalized spacial score (nSPS) is 14.9. The van der Waals surface area contributed by atoms with Crippen LogP contribution in [0.4, 0.5) is 24.5 Å². The maximum absolute atomic E-state index is 14.1. The van der Waals surface area contributed by atoms with Crippen LogP contribution in [0.1, 0.15) is 48.1 Å². The number of piperidine rings is 1. The number of benzene rings is 5. The van der Waals surface area contributed by atoms with Crippen molar-refractivity contribution in [2.75, 3.05) is 55.3 Å². The van der Waals surface area contributed by atoms with Crippen LogP contribution >= 0.6 is 23.4 Å². The zero-order valence-corrected chi connectivity index (χ0v) is 38.3. The van der Waals surface area contributed by atoms with Crippen LogP contribution in [0.3, 0.4) is 0 Å². The molecule has 0 radical (unpaired) electrons. The molecule has 342 valence electrons. The van der Waals surface area contributed by atoms with E-state index < -0.39 is 52.8 Å². The number of halogens is 4. The van der Waals surface area contributed by atoms with E-state index in [0.717, 1.165) is 52.2 Å². The lowest BCUT2D eigenvalue weighted by Gasteiger charge is -2.36. The molecule has 1 fully saturated rings. The average molecular weight is 959 g/mol. The van der Waals surface area contributed by atoms with Crippen molar-refractivity contribution in [2.45, 2.75) is 58.5 Å². The monoisotopic (exact) mass is 957 g/mol. The van der Waals surface area contributed by atoms with E-state index in [2.05, 4.69) is 10.2 Å². The van der Waals surface area contributed by atoms with Gasteiger partial charge in [-0.05, 0) is 115 Å². The van der Waals surface area contributed by atoms with Crippen molar-refractivity contribution in [3.05, 3.63) is 137 Å². The summed E-state index contributed by atoms with van der Waals surface area (Å²) >= 11 is 7.52. The van der Waals surface area contributed by atoms with E-state index in [1.165, 1.54) is 23.9 Å². The molecular formula is C46H51ClF3N5O6S3. The maximum atomic E-state index is 14.1. The van der Waals surface area contributed by atoms with E-state index in [1.54, 1.807) is 12.1 Å². The zero-order chi connectivity index (χ0) is 46.1. The fraction of sp³-hybridized carbons (Fsp3) is 0.326. The predicted octanol–water partition coefficient (Wildman–Crippen LogP) is 8.61.